The molecule has 0 unspecified atom stereocenters. The zero-order valence-corrected chi connectivity index (χ0v) is 13.9. The molecule has 2 atom stereocenters. The van der Waals surface area contributed by atoms with Crippen molar-refractivity contribution >= 4 is 5.91 Å². The molecule has 5 heteroatoms. The fourth-order valence-electron chi connectivity index (χ4n) is 4.19. The number of carbonyl (C=O) groups excluding carboxylic acids is 1. The summed E-state index contributed by atoms with van der Waals surface area (Å²) in [6.45, 7) is 4.13. The van der Waals surface area contributed by atoms with Crippen molar-refractivity contribution in [1.82, 2.24) is 9.80 Å². The van der Waals surface area contributed by atoms with Gasteiger partial charge in [-0.15, -0.1) is 0 Å². The van der Waals surface area contributed by atoms with Crippen molar-refractivity contribution in [3.8, 4) is 5.75 Å². The predicted molar refractivity (Wildman–Crippen MR) is 86.9 cm³/mol. The highest BCUT2D eigenvalue weighted by molar-refractivity contribution is 5.79. The number of fused-ring (bicyclic) bond motifs is 1. The van der Waals surface area contributed by atoms with Gasteiger partial charge in [0.05, 0.1) is 5.54 Å². The summed E-state index contributed by atoms with van der Waals surface area (Å²) < 4.78 is 18.5. The number of rotatable bonds is 3. The number of hydrogen-bond donors (Lipinski definition) is 0. The highest BCUT2D eigenvalue weighted by atomic mass is 19.1. The lowest BCUT2D eigenvalue weighted by Gasteiger charge is -2.55. The molecule has 4 nitrogen and oxygen atoms in total. The van der Waals surface area contributed by atoms with Crippen LogP contribution in [0.2, 0.25) is 0 Å². The fourth-order valence-corrected chi connectivity index (χ4v) is 4.19. The summed E-state index contributed by atoms with van der Waals surface area (Å²) in [7, 11) is 2.16. The first-order chi connectivity index (χ1) is 11.0. The smallest absolute Gasteiger partial charge is 0.261 e. The normalized spacial score (nSPS) is 28.3. The van der Waals surface area contributed by atoms with Gasteiger partial charge in [-0.25, -0.2) is 4.39 Å². The van der Waals surface area contributed by atoms with Gasteiger partial charge in [0, 0.05) is 12.6 Å². The predicted octanol–water partition coefficient (Wildman–Crippen LogP) is 2.68. The van der Waals surface area contributed by atoms with E-state index in [1.165, 1.54) is 12.1 Å². The van der Waals surface area contributed by atoms with Gasteiger partial charge >= 0.3 is 0 Å². The van der Waals surface area contributed by atoms with Crippen molar-refractivity contribution in [2.45, 2.75) is 44.2 Å². The highest BCUT2D eigenvalue weighted by Crippen LogP contribution is 2.38. The highest BCUT2D eigenvalue weighted by Gasteiger charge is 2.47. The van der Waals surface area contributed by atoms with Crippen LogP contribution >= 0.6 is 0 Å². The van der Waals surface area contributed by atoms with Crippen LogP contribution in [0.3, 0.4) is 0 Å². The van der Waals surface area contributed by atoms with Crippen molar-refractivity contribution in [2.24, 2.45) is 0 Å². The SMILES string of the molecule is CN1CCC[C@@]2(C)[C@@H]1CCCN2C(=O)COc1ccc(F)cc1. The molecule has 2 fully saturated rings. The van der Waals surface area contributed by atoms with E-state index in [0.29, 0.717) is 11.8 Å². The van der Waals surface area contributed by atoms with E-state index >= 15 is 0 Å². The van der Waals surface area contributed by atoms with Crippen LogP contribution in [0.1, 0.15) is 32.6 Å². The van der Waals surface area contributed by atoms with Crippen molar-refractivity contribution in [1.29, 1.82) is 0 Å². The molecule has 2 heterocycles. The number of piperidine rings is 2. The van der Waals surface area contributed by atoms with Crippen molar-refractivity contribution < 1.29 is 13.9 Å². The Bertz CT molecular complexity index is 563. The van der Waals surface area contributed by atoms with Crippen LogP contribution in [0.5, 0.6) is 5.75 Å². The van der Waals surface area contributed by atoms with E-state index in [1.54, 1.807) is 12.1 Å². The van der Waals surface area contributed by atoms with Gasteiger partial charge < -0.3 is 14.5 Å². The second kappa shape index (κ2) is 6.48. The summed E-state index contributed by atoms with van der Waals surface area (Å²) >= 11 is 0. The number of hydrogen-bond acceptors (Lipinski definition) is 3. The lowest BCUT2D eigenvalue weighted by Crippen LogP contribution is -2.67. The average molecular weight is 320 g/mol. The number of halogens is 1. The topological polar surface area (TPSA) is 32.8 Å². The minimum absolute atomic E-state index is 0.0116. The molecule has 0 saturated carbocycles. The molecular weight excluding hydrogens is 295 g/mol. The maximum Gasteiger partial charge on any atom is 0.261 e. The van der Waals surface area contributed by atoms with E-state index in [0.717, 1.165) is 38.8 Å². The second-order valence-corrected chi connectivity index (χ2v) is 6.89. The Morgan fingerprint density at radius 2 is 2.04 bits per heavy atom. The monoisotopic (exact) mass is 320 g/mol. The van der Waals surface area contributed by atoms with Gasteiger partial charge in [-0.3, -0.25) is 4.79 Å². The minimum atomic E-state index is -0.305. The van der Waals surface area contributed by atoms with Gasteiger partial charge in [0.1, 0.15) is 11.6 Å². The Hall–Kier alpha value is -1.62. The Labute approximate surface area is 137 Å². The minimum Gasteiger partial charge on any atom is -0.484 e. The molecule has 0 aromatic heterocycles. The molecule has 2 saturated heterocycles. The van der Waals surface area contributed by atoms with Crippen molar-refractivity contribution in [3.05, 3.63) is 30.1 Å². The first-order valence-corrected chi connectivity index (χ1v) is 8.40. The quantitative estimate of drug-likeness (QED) is 0.858. The van der Waals surface area contributed by atoms with E-state index in [1.807, 2.05) is 4.90 Å². The molecule has 0 N–H and O–H groups in total. The molecule has 1 aromatic rings. The zero-order chi connectivity index (χ0) is 16.4. The Balaban J connectivity index is 1.67. The maximum atomic E-state index is 12.9. The first kappa shape index (κ1) is 16.2. The zero-order valence-electron chi connectivity index (χ0n) is 13.9. The number of carbonyl (C=O) groups is 1. The molecule has 0 bridgehead atoms. The summed E-state index contributed by atoms with van der Waals surface area (Å²) in [5.74, 6) is 0.247. The van der Waals surface area contributed by atoms with Gasteiger partial charge in [0.2, 0.25) is 0 Å². The van der Waals surface area contributed by atoms with E-state index in [4.69, 9.17) is 4.74 Å². The third kappa shape index (κ3) is 3.20. The van der Waals surface area contributed by atoms with Crippen LogP contribution in [0.15, 0.2) is 24.3 Å². The Morgan fingerprint density at radius 3 is 2.78 bits per heavy atom. The molecule has 126 valence electrons. The number of ether oxygens (including phenoxy) is 1. The summed E-state index contributed by atoms with van der Waals surface area (Å²) in [6.07, 6.45) is 4.35. The average Bonchev–Trinajstić information content (AvgIpc) is 2.53. The maximum absolute atomic E-state index is 12.9. The number of amides is 1. The van der Waals surface area contributed by atoms with Crippen LogP contribution in [0, 0.1) is 5.82 Å². The van der Waals surface area contributed by atoms with E-state index < -0.39 is 0 Å². The standard InChI is InChI=1S/C18H25FN2O2/c1-18-10-4-11-20(2)16(18)5-3-12-21(18)17(22)13-23-15-8-6-14(19)7-9-15/h6-9,16H,3-5,10-13H2,1-2H3/t16-,18-/m0/s1. The van der Waals surface area contributed by atoms with E-state index in [9.17, 15) is 9.18 Å². The molecule has 23 heavy (non-hydrogen) atoms. The lowest BCUT2D eigenvalue weighted by molar-refractivity contribution is -0.148. The summed E-state index contributed by atoms with van der Waals surface area (Å²) in [6, 6.07) is 6.22. The molecule has 2 aliphatic rings. The molecule has 0 radical (unpaired) electrons. The van der Waals surface area contributed by atoms with E-state index in [-0.39, 0.29) is 23.9 Å². The lowest BCUT2D eigenvalue weighted by atomic mass is 9.76. The summed E-state index contributed by atoms with van der Waals surface area (Å²) in [4.78, 5) is 17.1. The number of benzene rings is 1. The molecule has 1 aromatic carbocycles. The summed E-state index contributed by atoms with van der Waals surface area (Å²) in [5, 5.41) is 0. The molecule has 1 amide bonds. The molecule has 3 rings (SSSR count). The van der Waals surface area contributed by atoms with E-state index in [2.05, 4.69) is 18.9 Å². The number of likely N-dealkylation sites (tertiary alicyclic amines) is 2. The largest absolute Gasteiger partial charge is 0.484 e. The van der Waals surface area contributed by atoms with Crippen molar-refractivity contribution in [2.75, 3.05) is 26.7 Å². The van der Waals surface area contributed by atoms with Gasteiger partial charge in [-0.1, -0.05) is 0 Å². The number of likely N-dealkylation sites (N-methyl/N-ethyl adjacent to an activating group) is 1. The second-order valence-electron chi connectivity index (χ2n) is 6.89. The molecule has 0 spiro atoms. The number of nitrogens with zero attached hydrogens (tertiary/aromatic N) is 2. The van der Waals surface area contributed by atoms with Crippen LogP contribution in [0.4, 0.5) is 4.39 Å². The summed E-state index contributed by atoms with van der Waals surface area (Å²) in [5.41, 5.74) is -0.103. The van der Waals surface area contributed by atoms with Crippen LogP contribution in [0.25, 0.3) is 0 Å². The first-order valence-electron chi connectivity index (χ1n) is 8.40. The van der Waals surface area contributed by atoms with Crippen LogP contribution < -0.4 is 4.74 Å². The Morgan fingerprint density at radius 1 is 1.30 bits per heavy atom. The van der Waals surface area contributed by atoms with Gasteiger partial charge in [-0.05, 0) is 70.5 Å². The molecule has 0 aliphatic carbocycles. The Kier molecular flexibility index (Phi) is 4.57. The molecule has 2 aliphatic heterocycles. The van der Waals surface area contributed by atoms with Crippen LogP contribution in [-0.4, -0.2) is 54.0 Å². The third-order valence-electron chi connectivity index (χ3n) is 5.40. The molecular formula is C18H25FN2O2. The fraction of sp³-hybridized carbons (Fsp3) is 0.611. The van der Waals surface area contributed by atoms with Gasteiger partial charge in [0.15, 0.2) is 6.61 Å². The van der Waals surface area contributed by atoms with Gasteiger partial charge in [0.25, 0.3) is 5.91 Å². The third-order valence-corrected chi connectivity index (χ3v) is 5.40. The van der Waals surface area contributed by atoms with Gasteiger partial charge in [-0.2, -0.15) is 0 Å². The van der Waals surface area contributed by atoms with Crippen molar-refractivity contribution in [3.63, 3.8) is 0 Å². The van der Waals surface area contributed by atoms with Crippen LogP contribution in [-0.2, 0) is 4.79 Å².